The molecule has 11 atom stereocenters. The van der Waals surface area contributed by atoms with E-state index in [4.69, 9.17) is 55.7 Å². The molecule has 78 heavy (non-hydrogen) atoms. The predicted molar refractivity (Wildman–Crippen MR) is 283 cm³/mol. The van der Waals surface area contributed by atoms with Crippen LogP contribution < -0.4 is 21.5 Å². The van der Waals surface area contributed by atoms with Crippen molar-refractivity contribution in [2.45, 2.75) is 220 Å². The van der Waals surface area contributed by atoms with Gasteiger partial charge in [0, 0.05) is 50.0 Å². The van der Waals surface area contributed by atoms with E-state index in [-0.39, 0.29) is 6.61 Å². The first-order valence-corrected chi connectivity index (χ1v) is 31.7. The van der Waals surface area contributed by atoms with Crippen LogP contribution in [0.4, 0.5) is 0 Å². The number of nitrogens with zero attached hydrogens (tertiary/aromatic N) is 3. The fraction of sp³-hybridized carbons (Fsp3) is 0.820. The summed E-state index contributed by atoms with van der Waals surface area (Å²) in [4.78, 5) is 89.6. The third-order valence-electron chi connectivity index (χ3n) is 13.3. The summed E-state index contributed by atoms with van der Waals surface area (Å²) in [6.45, 7) is 28.8. The first kappa shape index (κ1) is 68.6. The van der Waals surface area contributed by atoms with Gasteiger partial charge in [-0.1, -0.05) is 94.9 Å². The normalized spacial score (nSPS) is 25.6. The molecule has 1 aromatic rings. The minimum absolute atomic E-state index is 0.190. The molecule has 0 bridgehead atoms. The van der Waals surface area contributed by atoms with E-state index < -0.39 is 144 Å². The average molecular weight is 1170 g/mol. The van der Waals surface area contributed by atoms with Crippen LogP contribution in [0.2, 0.25) is 10.1 Å². The summed E-state index contributed by atoms with van der Waals surface area (Å²) in [7, 11) is -14.8. The van der Waals surface area contributed by atoms with Crippen molar-refractivity contribution in [3.05, 3.63) is 33.1 Å². The number of fused-ring (bicyclic) bond motifs is 1. The van der Waals surface area contributed by atoms with E-state index in [1.165, 1.54) is 82.0 Å². The zero-order valence-corrected chi connectivity index (χ0v) is 50.9. The van der Waals surface area contributed by atoms with Gasteiger partial charge in [-0.25, -0.2) is 13.7 Å². The molecule has 3 aliphatic heterocycles. The second-order valence-electron chi connectivity index (χ2n) is 21.9. The van der Waals surface area contributed by atoms with Crippen LogP contribution in [-0.2, 0) is 78.7 Å². The number of ether oxygens (including phenoxy) is 5. The summed E-state index contributed by atoms with van der Waals surface area (Å²) in [5, 5.41) is 10.5. The topological polar surface area (TPSA) is 318 Å². The number of rotatable bonds is 27. The minimum Gasteiger partial charge on any atom is -0.756 e. The molecule has 0 aliphatic carbocycles. The summed E-state index contributed by atoms with van der Waals surface area (Å²) in [6.07, 6.45) is -0.597. The Balaban J connectivity index is 0.000000805. The fourth-order valence-corrected chi connectivity index (χ4v) is 17.7. The van der Waals surface area contributed by atoms with Gasteiger partial charge >= 0.3 is 40.0 Å². The SMILES string of the molecule is CC(=O)N[C@H]1[C@@H](OP(=O)([O-])OP(=O)(OCCC#N)OC[C@H]2O[C@@H](n3ccc(=O)[nH]c3=O)[C@H](OC(C)=O)[C@@H]2OC(C)=O)O[C@@H]2CO[Si](C(C)(C)C)(C(C)(C)C)O[C@H]2[C@@H]1OC(C)=O.CCCC[N+](CCCC)(CCCC)CCCC. The predicted octanol–water partition coefficient (Wildman–Crippen LogP) is 6.48. The molecule has 3 saturated heterocycles. The Kier molecular flexibility index (Phi) is 26.7. The van der Waals surface area contributed by atoms with E-state index in [1.54, 1.807) is 6.07 Å². The lowest BCUT2D eigenvalue weighted by Gasteiger charge is -2.58. The number of unbranched alkanes of at least 4 members (excludes halogenated alkanes) is 4. The van der Waals surface area contributed by atoms with Gasteiger partial charge < -0.3 is 47.2 Å². The lowest BCUT2D eigenvalue weighted by molar-refractivity contribution is -0.929. The van der Waals surface area contributed by atoms with Crippen LogP contribution in [0.3, 0.4) is 0 Å². The van der Waals surface area contributed by atoms with E-state index in [1.807, 2.05) is 46.5 Å². The molecule has 25 nitrogen and oxygen atoms in total. The van der Waals surface area contributed by atoms with Gasteiger partial charge in [0.05, 0.1) is 58.5 Å². The molecule has 446 valence electrons. The number of esters is 3. The number of amides is 1. The number of carbonyl (C=O) groups excluding carboxylic acids is 4. The molecule has 0 saturated carbocycles. The van der Waals surface area contributed by atoms with Crippen molar-refractivity contribution in [3.8, 4) is 6.07 Å². The summed E-state index contributed by atoms with van der Waals surface area (Å²) < 4.78 is 92.0. The summed E-state index contributed by atoms with van der Waals surface area (Å²) >= 11 is 0. The van der Waals surface area contributed by atoms with Crippen molar-refractivity contribution in [2.24, 2.45) is 0 Å². The fourth-order valence-electron chi connectivity index (χ4n) is 10.0. The molecule has 2 unspecified atom stereocenters. The number of phosphoric acid groups is 2. The molecule has 0 spiro atoms. The highest BCUT2D eigenvalue weighted by Gasteiger charge is 2.66. The summed E-state index contributed by atoms with van der Waals surface area (Å²) in [6, 6.07) is 1.05. The number of aromatic amines is 1. The highest BCUT2D eigenvalue weighted by atomic mass is 31.3. The van der Waals surface area contributed by atoms with Crippen molar-refractivity contribution >= 4 is 48.0 Å². The number of hydrogen-bond acceptors (Lipinski definition) is 21. The van der Waals surface area contributed by atoms with Crippen LogP contribution in [0, 0.1) is 11.3 Å². The molecule has 28 heteroatoms. The Hall–Kier alpha value is -3.67. The number of carbonyl (C=O) groups is 4. The zero-order valence-electron chi connectivity index (χ0n) is 48.1. The van der Waals surface area contributed by atoms with Gasteiger partial charge in [-0.15, -0.1) is 0 Å². The number of aromatic nitrogens is 2. The molecule has 4 heterocycles. The van der Waals surface area contributed by atoms with Gasteiger partial charge in [-0.2, -0.15) is 5.26 Å². The zero-order chi connectivity index (χ0) is 58.9. The van der Waals surface area contributed by atoms with Crippen molar-refractivity contribution in [1.82, 2.24) is 14.9 Å². The molecule has 1 aromatic heterocycles. The van der Waals surface area contributed by atoms with Gasteiger partial charge in [-0.05, 0) is 25.7 Å². The third-order valence-corrected chi connectivity index (χ3v) is 21.5. The summed E-state index contributed by atoms with van der Waals surface area (Å²) in [5.41, 5.74) is -1.82. The lowest BCUT2D eigenvalue weighted by atomic mass is 9.96. The number of H-pyrrole nitrogens is 1. The number of phosphoric ester groups is 2. The maximum absolute atomic E-state index is 14.1. The van der Waals surface area contributed by atoms with E-state index >= 15 is 0 Å². The molecule has 0 radical (unpaired) electrons. The molecular weight excluding hydrogens is 1080 g/mol. The van der Waals surface area contributed by atoms with Gasteiger partial charge in [0.15, 0.2) is 30.8 Å². The minimum atomic E-state index is -6.01. The van der Waals surface area contributed by atoms with Crippen LogP contribution >= 0.6 is 15.6 Å². The van der Waals surface area contributed by atoms with Crippen LogP contribution in [-0.4, -0.2) is 141 Å². The molecule has 1 amide bonds. The Labute approximate surface area is 460 Å². The third kappa shape index (κ3) is 19.5. The van der Waals surface area contributed by atoms with Crippen LogP contribution in [0.1, 0.15) is 161 Å². The van der Waals surface area contributed by atoms with Crippen molar-refractivity contribution < 1.29 is 88.1 Å². The molecule has 4 rings (SSSR count). The second-order valence-corrected chi connectivity index (χ2v) is 29.8. The maximum atomic E-state index is 14.1. The highest BCUT2D eigenvalue weighted by molar-refractivity contribution is 7.61. The molecule has 3 fully saturated rings. The van der Waals surface area contributed by atoms with E-state index in [2.05, 4.69) is 33.0 Å². The van der Waals surface area contributed by atoms with Gasteiger partial charge in [0.25, 0.3) is 13.4 Å². The maximum Gasteiger partial charge on any atom is 0.481 e. The molecule has 0 aromatic carbocycles. The highest BCUT2D eigenvalue weighted by Crippen LogP contribution is 2.63. The number of nitrogens with one attached hydrogen (secondary N) is 2. The first-order valence-electron chi connectivity index (χ1n) is 26.9. The van der Waals surface area contributed by atoms with Crippen LogP contribution in [0.15, 0.2) is 21.9 Å². The standard InChI is InChI=1S/C34H52N4O20P2Si.C16H36N/c1-18(39)36-25-28(52-20(3)41)27-23(17-50-61(57-27,33(5,6)7)34(8,9)10)55-31(25)56-59(45,46)58-60(47,48-15-11-13-35)49-16-22-26(51-19(2)40)29(53-21(4)42)30(54-22)38-14-12-24(43)37-32(38)44;1-5-9-13-17(14-10-6-2,15-11-7-3)16-12-8-4/h12,14,22-23,25-31H,11,15-17H2,1-10H3,(H,36,39)(H,45,46)(H,37,43,44);5-16H2,1-4H3/q;+1/p-1/t22-,23-,25-,26-,27-,28-,29-,30-,31-,60?;/m1./s1. The number of nitriles is 1. The summed E-state index contributed by atoms with van der Waals surface area (Å²) in [5.74, 6) is -3.43. The van der Waals surface area contributed by atoms with E-state index in [0.717, 1.165) is 44.5 Å². The molecular formula is C50H87N5O20P2Si. The van der Waals surface area contributed by atoms with Crippen molar-refractivity contribution in [1.29, 1.82) is 5.26 Å². The van der Waals surface area contributed by atoms with E-state index in [0.29, 0.717) is 0 Å². The quantitative estimate of drug-likeness (QED) is 0.0238. The van der Waals surface area contributed by atoms with Crippen molar-refractivity contribution in [3.63, 3.8) is 0 Å². The second kappa shape index (κ2) is 30.4. The van der Waals surface area contributed by atoms with Crippen LogP contribution in [0.25, 0.3) is 0 Å². The van der Waals surface area contributed by atoms with E-state index in [9.17, 15) is 42.8 Å². The van der Waals surface area contributed by atoms with Crippen LogP contribution in [0.5, 0.6) is 0 Å². The van der Waals surface area contributed by atoms with Crippen molar-refractivity contribution in [2.75, 3.05) is 46.0 Å². The molecule has 3 aliphatic rings. The van der Waals surface area contributed by atoms with Gasteiger partial charge in [-0.3, -0.25) is 51.7 Å². The Morgan fingerprint density at radius 1 is 0.821 bits per heavy atom. The Morgan fingerprint density at radius 3 is 1.79 bits per heavy atom. The number of quaternary nitrogens is 1. The monoisotopic (exact) mass is 1170 g/mol. The first-order chi connectivity index (χ1) is 36.4. The smallest absolute Gasteiger partial charge is 0.481 e. The Morgan fingerprint density at radius 2 is 1.33 bits per heavy atom. The number of hydrogen-bond donors (Lipinski definition) is 2. The largest absolute Gasteiger partial charge is 0.756 e. The molecule has 2 N–H and O–H groups in total. The van der Waals surface area contributed by atoms with Gasteiger partial charge in [0.1, 0.15) is 24.4 Å². The van der Waals surface area contributed by atoms with Gasteiger partial charge in [0.2, 0.25) is 5.91 Å². The lowest BCUT2D eigenvalue weighted by Crippen LogP contribution is -2.73. The Bertz CT molecular complexity index is 2340. The average Bonchev–Trinajstić information content (AvgIpc) is 3.66.